The molecule has 1 heterocycles. The van der Waals surface area contributed by atoms with E-state index in [0.717, 1.165) is 30.0 Å². The van der Waals surface area contributed by atoms with E-state index in [1.54, 1.807) is 25.6 Å². The Morgan fingerprint density at radius 3 is 3.00 bits per heavy atom. The van der Waals surface area contributed by atoms with E-state index in [2.05, 4.69) is 15.3 Å². The van der Waals surface area contributed by atoms with Crippen molar-refractivity contribution < 1.29 is 9.84 Å². The topological polar surface area (TPSA) is 70.2 Å². The highest BCUT2D eigenvalue weighted by molar-refractivity contribution is 5.41. The summed E-state index contributed by atoms with van der Waals surface area (Å²) < 4.78 is 5.17. The van der Waals surface area contributed by atoms with Crippen LogP contribution in [0.4, 0.5) is 0 Å². The van der Waals surface area contributed by atoms with Gasteiger partial charge in [-0.3, -0.25) is 0 Å². The van der Waals surface area contributed by atoms with Crippen LogP contribution in [-0.4, -0.2) is 28.7 Å². The van der Waals surface area contributed by atoms with Crippen LogP contribution in [0.15, 0.2) is 30.7 Å². The second-order valence-corrected chi connectivity index (χ2v) is 4.43. The van der Waals surface area contributed by atoms with E-state index >= 15 is 0 Å². The molecule has 3 N–H and O–H groups in total. The molecule has 1 aromatic heterocycles. The molecule has 5 nitrogen and oxygen atoms in total. The van der Waals surface area contributed by atoms with Crippen molar-refractivity contribution in [3.63, 3.8) is 0 Å². The molecule has 0 amide bonds. The molecule has 102 valence electrons. The molecule has 1 aromatic carbocycles. The second-order valence-electron chi connectivity index (χ2n) is 4.43. The molecule has 1 unspecified atom stereocenters. The van der Waals surface area contributed by atoms with Gasteiger partial charge in [0, 0.05) is 36.5 Å². The fourth-order valence-electron chi connectivity index (χ4n) is 1.96. The lowest BCUT2D eigenvalue weighted by Gasteiger charge is -2.16. The zero-order chi connectivity index (χ0) is 13.7. The van der Waals surface area contributed by atoms with Crippen LogP contribution < -0.4 is 10.1 Å². The van der Waals surface area contributed by atoms with E-state index in [9.17, 15) is 5.11 Å². The number of ether oxygens (including phenoxy) is 1. The molecule has 1 atom stereocenters. The van der Waals surface area contributed by atoms with Crippen molar-refractivity contribution in [1.82, 2.24) is 15.3 Å². The van der Waals surface area contributed by atoms with Crippen molar-refractivity contribution in [3.8, 4) is 11.5 Å². The number of phenols is 1. The van der Waals surface area contributed by atoms with Crippen LogP contribution in [-0.2, 0) is 6.42 Å². The van der Waals surface area contributed by atoms with Crippen LogP contribution in [0.2, 0.25) is 0 Å². The highest BCUT2D eigenvalue weighted by atomic mass is 16.5. The lowest BCUT2D eigenvalue weighted by atomic mass is 10.1. The first kappa shape index (κ1) is 13.4. The Morgan fingerprint density at radius 2 is 2.32 bits per heavy atom. The number of H-pyrrole nitrogens is 1. The van der Waals surface area contributed by atoms with Crippen molar-refractivity contribution in [3.05, 3.63) is 42.0 Å². The van der Waals surface area contributed by atoms with Crippen molar-refractivity contribution in [2.75, 3.05) is 13.7 Å². The van der Waals surface area contributed by atoms with Gasteiger partial charge in [0.2, 0.25) is 0 Å². The number of aromatic nitrogens is 2. The van der Waals surface area contributed by atoms with Gasteiger partial charge in [0.05, 0.1) is 13.4 Å². The molecule has 2 rings (SSSR count). The molecule has 0 saturated heterocycles. The van der Waals surface area contributed by atoms with Gasteiger partial charge in [-0.05, 0) is 25.1 Å². The third-order valence-electron chi connectivity index (χ3n) is 3.10. The summed E-state index contributed by atoms with van der Waals surface area (Å²) in [5.41, 5.74) is 1.93. The van der Waals surface area contributed by atoms with Gasteiger partial charge in [-0.15, -0.1) is 0 Å². The molecule has 0 saturated carbocycles. The van der Waals surface area contributed by atoms with E-state index in [0.29, 0.717) is 0 Å². The number of hydrogen-bond acceptors (Lipinski definition) is 4. The Hall–Kier alpha value is -2.01. The molecule has 0 aliphatic rings. The van der Waals surface area contributed by atoms with Crippen LogP contribution in [0.1, 0.15) is 24.2 Å². The number of aromatic amines is 1. The van der Waals surface area contributed by atoms with Crippen molar-refractivity contribution in [1.29, 1.82) is 0 Å². The summed E-state index contributed by atoms with van der Waals surface area (Å²) in [7, 11) is 1.62. The molecule has 5 heteroatoms. The Bertz CT molecular complexity index is 511. The largest absolute Gasteiger partial charge is 0.508 e. The zero-order valence-corrected chi connectivity index (χ0v) is 11.2. The molecular formula is C14H19N3O2. The van der Waals surface area contributed by atoms with Gasteiger partial charge in [-0.1, -0.05) is 0 Å². The molecule has 0 aliphatic carbocycles. The SMILES string of the molecule is COc1ccc(O)c(C(C)NCCc2cnc[nH]2)c1. The number of methoxy groups -OCH3 is 1. The average Bonchev–Trinajstić information content (AvgIpc) is 2.92. The summed E-state index contributed by atoms with van der Waals surface area (Å²) in [6.45, 7) is 2.82. The Labute approximate surface area is 112 Å². The van der Waals surface area contributed by atoms with Gasteiger partial charge in [0.25, 0.3) is 0 Å². The minimum absolute atomic E-state index is 0.0537. The molecule has 0 aliphatic heterocycles. The third kappa shape index (κ3) is 3.48. The number of hydrogen-bond donors (Lipinski definition) is 3. The molecule has 0 radical (unpaired) electrons. The van der Waals surface area contributed by atoms with Gasteiger partial charge in [0.1, 0.15) is 11.5 Å². The van der Waals surface area contributed by atoms with Crippen LogP contribution in [0.5, 0.6) is 11.5 Å². The first-order chi connectivity index (χ1) is 9.20. The third-order valence-corrected chi connectivity index (χ3v) is 3.10. The smallest absolute Gasteiger partial charge is 0.120 e. The summed E-state index contributed by atoms with van der Waals surface area (Å²) in [6.07, 6.45) is 4.36. The fourth-order valence-corrected chi connectivity index (χ4v) is 1.96. The second kappa shape index (κ2) is 6.24. The lowest BCUT2D eigenvalue weighted by molar-refractivity contribution is 0.407. The first-order valence-electron chi connectivity index (χ1n) is 6.28. The van der Waals surface area contributed by atoms with Gasteiger partial charge in [-0.25, -0.2) is 4.98 Å². The normalized spacial score (nSPS) is 12.3. The standard InChI is InChI=1S/C14H19N3O2/c1-10(16-6-5-11-8-15-9-17-11)13-7-12(19-2)3-4-14(13)18/h3-4,7-10,16,18H,5-6H2,1-2H3,(H,15,17). The Kier molecular flexibility index (Phi) is 4.41. The number of phenolic OH excluding ortho intramolecular Hbond substituents is 1. The fraction of sp³-hybridized carbons (Fsp3) is 0.357. The van der Waals surface area contributed by atoms with Crippen LogP contribution in [0.25, 0.3) is 0 Å². The van der Waals surface area contributed by atoms with Gasteiger partial charge in [-0.2, -0.15) is 0 Å². The summed E-state index contributed by atoms with van der Waals surface area (Å²) >= 11 is 0. The summed E-state index contributed by atoms with van der Waals surface area (Å²) in [5.74, 6) is 1.03. The monoisotopic (exact) mass is 261 g/mol. The predicted octanol–water partition coefficient (Wildman–Crippen LogP) is 2.02. The Balaban J connectivity index is 1.93. The molecule has 19 heavy (non-hydrogen) atoms. The predicted molar refractivity (Wildman–Crippen MR) is 73.4 cm³/mol. The summed E-state index contributed by atoms with van der Waals surface area (Å²) in [5, 5.41) is 13.2. The van der Waals surface area contributed by atoms with Crippen molar-refractivity contribution >= 4 is 0 Å². The maximum absolute atomic E-state index is 9.87. The molecule has 0 bridgehead atoms. The quantitative estimate of drug-likeness (QED) is 0.744. The molecule has 2 aromatic rings. The maximum Gasteiger partial charge on any atom is 0.120 e. The zero-order valence-electron chi connectivity index (χ0n) is 11.2. The van der Waals surface area contributed by atoms with Crippen LogP contribution >= 0.6 is 0 Å². The minimum atomic E-state index is 0.0537. The minimum Gasteiger partial charge on any atom is -0.508 e. The lowest BCUT2D eigenvalue weighted by Crippen LogP contribution is -2.21. The highest BCUT2D eigenvalue weighted by Crippen LogP contribution is 2.28. The van der Waals surface area contributed by atoms with E-state index in [4.69, 9.17) is 4.74 Å². The van der Waals surface area contributed by atoms with Gasteiger partial charge in [0.15, 0.2) is 0 Å². The van der Waals surface area contributed by atoms with Crippen LogP contribution in [0, 0.1) is 0 Å². The van der Waals surface area contributed by atoms with Gasteiger partial charge < -0.3 is 20.1 Å². The number of benzene rings is 1. The van der Waals surface area contributed by atoms with Crippen molar-refractivity contribution in [2.45, 2.75) is 19.4 Å². The maximum atomic E-state index is 9.87. The van der Waals surface area contributed by atoms with E-state index < -0.39 is 0 Å². The van der Waals surface area contributed by atoms with E-state index in [1.807, 2.05) is 19.2 Å². The van der Waals surface area contributed by atoms with Crippen LogP contribution in [0.3, 0.4) is 0 Å². The van der Waals surface area contributed by atoms with Gasteiger partial charge >= 0.3 is 0 Å². The summed E-state index contributed by atoms with van der Waals surface area (Å²) in [4.78, 5) is 7.03. The number of nitrogens with one attached hydrogen (secondary N) is 2. The number of rotatable bonds is 6. The number of nitrogens with zero attached hydrogens (tertiary/aromatic N) is 1. The highest BCUT2D eigenvalue weighted by Gasteiger charge is 2.11. The van der Waals surface area contributed by atoms with E-state index in [1.165, 1.54) is 0 Å². The number of imidazole rings is 1. The first-order valence-corrected chi connectivity index (χ1v) is 6.28. The molecular weight excluding hydrogens is 242 g/mol. The average molecular weight is 261 g/mol. The van der Waals surface area contributed by atoms with Crippen molar-refractivity contribution in [2.24, 2.45) is 0 Å². The molecule has 0 fully saturated rings. The Morgan fingerprint density at radius 1 is 1.47 bits per heavy atom. The summed E-state index contributed by atoms with van der Waals surface area (Å²) in [6, 6.07) is 5.30. The molecule has 0 spiro atoms. The number of aromatic hydroxyl groups is 1. The van der Waals surface area contributed by atoms with E-state index in [-0.39, 0.29) is 11.8 Å².